The van der Waals surface area contributed by atoms with Crippen LogP contribution in [0.25, 0.3) is 0 Å². The number of aliphatic carboxylic acids is 1. The first-order chi connectivity index (χ1) is 9.33. The number of likely N-dealkylation sites (N-methyl/N-ethyl adjacent to an activating group) is 1. The highest BCUT2D eigenvalue weighted by Crippen LogP contribution is 1.99. The molecule has 0 aromatic rings. The van der Waals surface area contributed by atoms with E-state index in [9.17, 15) is 14.4 Å². The van der Waals surface area contributed by atoms with Crippen molar-refractivity contribution in [1.82, 2.24) is 15.1 Å². The Balaban J connectivity index is 4.73. The predicted molar refractivity (Wildman–Crippen MR) is 75.3 cm³/mol. The Labute approximate surface area is 119 Å². The van der Waals surface area contributed by atoms with Gasteiger partial charge >= 0.3 is 12.0 Å². The van der Waals surface area contributed by atoms with Crippen molar-refractivity contribution in [2.75, 3.05) is 27.2 Å². The van der Waals surface area contributed by atoms with Gasteiger partial charge in [-0.25, -0.2) is 9.59 Å². The van der Waals surface area contributed by atoms with Crippen LogP contribution in [0.1, 0.15) is 19.8 Å². The van der Waals surface area contributed by atoms with Gasteiger partial charge in [0, 0.05) is 20.6 Å². The first-order valence-electron chi connectivity index (χ1n) is 6.42. The molecule has 0 bridgehead atoms. The molecule has 114 valence electrons. The number of carbonyl (C=O) groups is 3. The Morgan fingerprint density at radius 1 is 1.35 bits per heavy atom. The zero-order chi connectivity index (χ0) is 15.7. The molecule has 2 N–H and O–H groups in total. The van der Waals surface area contributed by atoms with E-state index in [2.05, 4.69) is 11.9 Å². The summed E-state index contributed by atoms with van der Waals surface area (Å²) in [6, 6.07) is -1.59. The summed E-state index contributed by atoms with van der Waals surface area (Å²) < 4.78 is 0. The zero-order valence-electron chi connectivity index (χ0n) is 12.3. The molecule has 0 aromatic heterocycles. The Bertz CT molecular complexity index is 369. The van der Waals surface area contributed by atoms with Gasteiger partial charge in [0.25, 0.3) is 0 Å². The fourth-order valence-corrected chi connectivity index (χ4v) is 1.46. The molecule has 7 heteroatoms. The second kappa shape index (κ2) is 8.95. The molecule has 0 radical (unpaired) electrons. The fourth-order valence-electron chi connectivity index (χ4n) is 1.46. The maximum absolute atomic E-state index is 12.0. The molecule has 1 unspecified atom stereocenters. The summed E-state index contributed by atoms with van der Waals surface area (Å²) in [5.41, 5.74) is 0. The van der Waals surface area contributed by atoms with Crippen molar-refractivity contribution >= 4 is 17.9 Å². The van der Waals surface area contributed by atoms with Gasteiger partial charge in [-0.15, -0.1) is 6.58 Å². The van der Waals surface area contributed by atoms with Crippen LogP contribution in [-0.4, -0.2) is 66.0 Å². The van der Waals surface area contributed by atoms with E-state index in [0.717, 1.165) is 0 Å². The van der Waals surface area contributed by atoms with E-state index < -0.39 is 18.0 Å². The van der Waals surface area contributed by atoms with Crippen LogP contribution in [0.5, 0.6) is 0 Å². The molecule has 0 aliphatic heterocycles. The summed E-state index contributed by atoms with van der Waals surface area (Å²) in [4.78, 5) is 37.3. The average molecular weight is 285 g/mol. The predicted octanol–water partition coefficient (Wildman–Crippen LogP) is 0.526. The van der Waals surface area contributed by atoms with E-state index in [1.165, 1.54) is 15.9 Å². The topological polar surface area (TPSA) is 90.0 Å². The highest BCUT2D eigenvalue weighted by molar-refractivity contribution is 5.86. The van der Waals surface area contributed by atoms with Crippen LogP contribution in [0.4, 0.5) is 4.79 Å². The minimum absolute atomic E-state index is 0.0763. The molecule has 0 aromatic carbocycles. The largest absolute Gasteiger partial charge is 0.480 e. The number of carboxylic acids is 1. The summed E-state index contributed by atoms with van der Waals surface area (Å²) in [6.07, 6.45) is 2.23. The third-order valence-electron chi connectivity index (χ3n) is 2.60. The highest BCUT2D eigenvalue weighted by Gasteiger charge is 2.23. The van der Waals surface area contributed by atoms with Crippen molar-refractivity contribution in [2.45, 2.75) is 25.8 Å². The van der Waals surface area contributed by atoms with Gasteiger partial charge in [-0.05, 0) is 12.8 Å². The van der Waals surface area contributed by atoms with Crippen molar-refractivity contribution in [1.29, 1.82) is 0 Å². The Kier molecular flexibility index (Phi) is 8.03. The number of rotatable bonds is 8. The van der Waals surface area contributed by atoms with E-state index in [4.69, 9.17) is 5.11 Å². The van der Waals surface area contributed by atoms with Gasteiger partial charge < -0.3 is 20.2 Å². The van der Waals surface area contributed by atoms with Crippen molar-refractivity contribution in [3.8, 4) is 0 Å². The van der Waals surface area contributed by atoms with Gasteiger partial charge in [0.1, 0.15) is 12.6 Å². The van der Waals surface area contributed by atoms with Crippen molar-refractivity contribution in [3.05, 3.63) is 12.7 Å². The molecule has 7 nitrogen and oxygen atoms in total. The third kappa shape index (κ3) is 6.21. The lowest BCUT2D eigenvalue weighted by Gasteiger charge is -2.25. The normalized spacial score (nSPS) is 11.3. The molecular formula is C13H23N3O4. The number of nitrogens with one attached hydrogen (secondary N) is 1. The highest BCUT2D eigenvalue weighted by atomic mass is 16.4. The van der Waals surface area contributed by atoms with E-state index >= 15 is 0 Å². The molecule has 0 heterocycles. The number of urea groups is 1. The number of carbonyl (C=O) groups excluding carboxylic acids is 2. The minimum Gasteiger partial charge on any atom is -0.480 e. The van der Waals surface area contributed by atoms with Crippen LogP contribution in [0.15, 0.2) is 12.7 Å². The zero-order valence-corrected chi connectivity index (χ0v) is 12.3. The van der Waals surface area contributed by atoms with E-state index in [-0.39, 0.29) is 18.9 Å². The number of nitrogens with zero attached hydrogens (tertiary/aromatic N) is 2. The summed E-state index contributed by atoms with van der Waals surface area (Å²) in [7, 11) is 3.20. The maximum Gasteiger partial charge on any atom is 0.326 e. The van der Waals surface area contributed by atoms with Gasteiger partial charge in [-0.3, -0.25) is 4.79 Å². The molecule has 20 heavy (non-hydrogen) atoms. The molecule has 0 aliphatic rings. The number of hydrogen-bond donors (Lipinski definition) is 2. The SMILES string of the molecule is C=CCC(NC(=O)N(CCC)CC(=O)N(C)C)C(=O)O. The quantitative estimate of drug-likeness (QED) is 0.636. The van der Waals surface area contributed by atoms with Crippen LogP contribution in [0.3, 0.4) is 0 Å². The first kappa shape index (κ1) is 17.9. The summed E-state index contributed by atoms with van der Waals surface area (Å²) in [5.74, 6) is -1.35. The fraction of sp³-hybridized carbons (Fsp3) is 0.615. The van der Waals surface area contributed by atoms with Gasteiger partial charge in [-0.2, -0.15) is 0 Å². The molecule has 1 atom stereocenters. The maximum atomic E-state index is 12.0. The van der Waals surface area contributed by atoms with Crippen LogP contribution < -0.4 is 5.32 Å². The van der Waals surface area contributed by atoms with Crippen LogP contribution in [-0.2, 0) is 9.59 Å². The lowest BCUT2D eigenvalue weighted by atomic mass is 10.2. The van der Waals surface area contributed by atoms with Gasteiger partial charge in [0.2, 0.25) is 5.91 Å². The Morgan fingerprint density at radius 3 is 2.35 bits per heavy atom. The summed E-state index contributed by atoms with van der Waals surface area (Å²) in [6.45, 7) is 5.63. The Morgan fingerprint density at radius 2 is 1.95 bits per heavy atom. The lowest BCUT2D eigenvalue weighted by Crippen LogP contribution is -2.50. The van der Waals surface area contributed by atoms with Crippen LogP contribution in [0.2, 0.25) is 0 Å². The average Bonchev–Trinajstić information content (AvgIpc) is 2.37. The molecule has 0 saturated heterocycles. The molecule has 3 amide bonds. The molecule has 0 rings (SSSR count). The van der Waals surface area contributed by atoms with E-state index in [0.29, 0.717) is 13.0 Å². The smallest absolute Gasteiger partial charge is 0.326 e. The number of carboxylic acid groups (broad SMARTS) is 1. The molecule has 0 fully saturated rings. The second-order valence-electron chi connectivity index (χ2n) is 4.57. The van der Waals surface area contributed by atoms with E-state index in [1.54, 1.807) is 14.1 Å². The lowest BCUT2D eigenvalue weighted by molar-refractivity contribution is -0.139. The third-order valence-corrected chi connectivity index (χ3v) is 2.60. The van der Waals surface area contributed by atoms with Gasteiger partial charge in [0.15, 0.2) is 0 Å². The van der Waals surface area contributed by atoms with Gasteiger partial charge in [-0.1, -0.05) is 13.0 Å². The monoisotopic (exact) mass is 285 g/mol. The van der Waals surface area contributed by atoms with E-state index in [1.807, 2.05) is 6.92 Å². The van der Waals surface area contributed by atoms with Crippen molar-refractivity contribution in [2.24, 2.45) is 0 Å². The molecule has 0 spiro atoms. The van der Waals surface area contributed by atoms with Crippen LogP contribution >= 0.6 is 0 Å². The number of hydrogen-bond acceptors (Lipinski definition) is 3. The number of amides is 3. The molecular weight excluding hydrogens is 262 g/mol. The summed E-state index contributed by atoms with van der Waals surface area (Å²) >= 11 is 0. The first-order valence-corrected chi connectivity index (χ1v) is 6.42. The van der Waals surface area contributed by atoms with Crippen molar-refractivity contribution in [3.63, 3.8) is 0 Å². The second-order valence-corrected chi connectivity index (χ2v) is 4.57. The van der Waals surface area contributed by atoms with Crippen LogP contribution in [0, 0.1) is 0 Å². The molecule has 0 saturated carbocycles. The summed E-state index contributed by atoms with van der Waals surface area (Å²) in [5, 5.41) is 11.4. The standard InChI is InChI=1S/C13H23N3O4/c1-5-7-10(12(18)19)14-13(20)16(8-6-2)9-11(17)15(3)4/h5,10H,1,6-9H2,2-4H3,(H,14,20)(H,18,19). The minimum atomic E-state index is -1.13. The molecule has 0 aliphatic carbocycles. The Hall–Kier alpha value is -2.05. The van der Waals surface area contributed by atoms with Crippen molar-refractivity contribution < 1.29 is 19.5 Å². The van der Waals surface area contributed by atoms with Gasteiger partial charge in [0.05, 0.1) is 0 Å².